The Hall–Kier alpha value is -1.81. The standard InChI is InChI=1S/C11H14N4/c1-8-11(7-13-15-8)14-10-4-2-9(6-12)3-5-10/h2-5,7,14H,6,12H2,1H3,(H,13,15). The number of benzene rings is 1. The van der Waals surface area contributed by atoms with E-state index in [0.29, 0.717) is 6.54 Å². The number of anilines is 2. The smallest absolute Gasteiger partial charge is 0.0797 e. The number of nitrogens with one attached hydrogen (secondary N) is 2. The maximum absolute atomic E-state index is 5.52. The molecule has 2 rings (SSSR count). The second-order valence-electron chi connectivity index (χ2n) is 3.43. The molecule has 0 bridgehead atoms. The average molecular weight is 202 g/mol. The van der Waals surface area contributed by atoms with Gasteiger partial charge in [-0.1, -0.05) is 12.1 Å². The normalized spacial score (nSPS) is 10.3. The van der Waals surface area contributed by atoms with E-state index >= 15 is 0 Å². The highest BCUT2D eigenvalue weighted by Gasteiger charge is 1.99. The number of aromatic nitrogens is 2. The van der Waals surface area contributed by atoms with Gasteiger partial charge in [0.1, 0.15) is 0 Å². The summed E-state index contributed by atoms with van der Waals surface area (Å²) in [5, 5.41) is 10.1. The molecule has 4 N–H and O–H groups in total. The van der Waals surface area contributed by atoms with E-state index in [1.165, 1.54) is 0 Å². The van der Waals surface area contributed by atoms with Crippen LogP contribution in [0, 0.1) is 6.92 Å². The molecule has 0 aliphatic carbocycles. The van der Waals surface area contributed by atoms with Gasteiger partial charge in [-0.2, -0.15) is 5.10 Å². The lowest BCUT2D eigenvalue weighted by Crippen LogP contribution is -1.96. The third-order valence-corrected chi connectivity index (χ3v) is 2.30. The predicted molar refractivity (Wildman–Crippen MR) is 60.9 cm³/mol. The van der Waals surface area contributed by atoms with Gasteiger partial charge in [0.15, 0.2) is 0 Å². The van der Waals surface area contributed by atoms with Crippen molar-refractivity contribution in [2.24, 2.45) is 5.73 Å². The van der Waals surface area contributed by atoms with E-state index < -0.39 is 0 Å². The largest absolute Gasteiger partial charge is 0.353 e. The van der Waals surface area contributed by atoms with Crippen molar-refractivity contribution in [2.75, 3.05) is 5.32 Å². The zero-order valence-corrected chi connectivity index (χ0v) is 8.62. The highest BCUT2D eigenvalue weighted by atomic mass is 15.1. The number of hydrogen-bond donors (Lipinski definition) is 3. The summed E-state index contributed by atoms with van der Waals surface area (Å²) in [6.45, 7) is 2.55. The monoisotopic (exact) mass is 202 g/mol. The first-order valence-corrected chi connectivity index (χ1v) is 4.85. The van der Waals surface area contributed by atoms with E-state index in [2.05, 4.69) is 15.5 Å². The van der Waals surface area contributed by atoms with E-state index in [9.17, 15) is 0 Å². The minimum absolute atomic E-state index is 0.574. The predicted octanol–water partition coefficient (Wildman–Crippen LogP) is 1.92. The van der Waals surface area contributed by atoms with Gasteiger partial charge >= 0.3 is 0 Å². The first-order valence-electron chi connectivity index (χ1n) is 4.85. The number of aryl methyl sites for hydroxylation is 1. The molecule has 2 aromatic rings. The van der Waals surface area contributed by atoms with Crippen molar-refractivity contribution in [3.05, 3.63) is 41.7 Å². The van der Waals surface area contributed by atoms with Crippen LogP contribution >= 0.6 is 0 Å². The van der Waals surface area contributed by atoms with Gasteiger partial charge in [0.2, 0.25) is 0 Å². The molecule has 0 saturated heterocycles. The van der Waals surface area contributed by atoms with Gasteiger partial charge in [0, 0.05) is 12.2 Å². The maximum atomic E-state index is 5.52. The van der Waals surface area contributed by atoms with Crippen LogP contribution in [-0.2, 0) is 6.54 Å². The summed E-state index contributed by atoms with van der Waals surface area (Å²) in [4.78, 5) is 0. The fourth-order valence-electron chi connectivity index (χ4n) is 1.36. The SMILES string of the molecule is Cc1[nH]ncc1Nc1ccc(CN)cc1. The molecule has 0 amide bonds. The quantitative estimate of drug-likeness (QED) is 0.712. The van der Waals surface area contributed by atoms with Crippen LogP contribution in [0.4, 0.5) is 11.4 Å². The molecule has 78 valence electrons. The molecule has 0 saturated carbocycles. The molecular weight excluding hydrogens is 188 g/mol. The maximum Gasteiger partial charge on any atom is 0.0797 e. The van der Waals surface area contributed by atoms with E-state index in [4.69, 9.17) is 5.73 Å². The van der Waals surface area contributed by atoms with Gasteiger partial charge < -0.3 is 11.1 Å². The summed E-state index contributed by atoms with van der Waals surface area (Å²) in [5.74, 6) is 0. The summed E-state index contributed by atoms with van der Waals surface area (Å²) in [6.07, 6.45) is 1.77. The van der Waals surface area contributed by atoms with Crippen molar-refractivity contribution in [3.63, 3.8) is 0 Å². The van der Waals surface area contributed by atoms with Crippen LogP contribution in [0.25, 0.3) is 0 Å². The Labute approximate surface area is 88.5 Å². The zero-order chi connectivity index (χ0) is 10.7. The van der Waals surface area contributed by atoms with Crippen LogP contribution in [0.5, 0.6) is 0 Å². The van der Waals surface area contributed by atoms with Gasteiger partial charge in [-0.15, -0.1) is 0 Å². The molecule has 4 heteroatoms. The van der Waals surface area contributed by atoms with Gasteiger partial charge in [0.25, 0.3) is 0 Å². The number of nitrogens with two attached hydrogens (primary N) is 1. The third kappa shape index (κ3) is 2.16. The second kappa shape index (κ2) is 4.14. The molecular formula is C11H14N4. The summed E-state index contributed by atoms with van der Waals surface area (Å²) in [5.41, 5.74) is 9.71. The molecule has 0 spiro atoms. The molecule has 4 nitrogen and oxygen atoms in total. The highest BCUT2D eigenvalue weighted by molar-refractivity contribution is 5.60. The van der Waals surface area contributed by atoms with E-state index in [0.717, 1.165) is 22.6 Å². The molecule has 0 fully saturated rings. The Bertz CT molecular complexity index is 430. The van der Waals surface area contributed by atoms with Crippen molar-refractivity contribution in [2.45, 2.75) is 13.5 Å². The zero-order valence-electron chi connectivity index (χ0n) is 8.62. The summed E-state index contributed by atoms with van der Waals surface area (Å²) in [7, 11) is 0. The minimum atomic E-state index is 0.574. The van der Waals surface area contributed by atoms with Crippen LogP contribution in [0.15, 0.2) is 30.5 Å². The molecule has 0 aliphatic heterocycles. The lowest BCUT2D eigenvalue weighted by molar-refractivity contribution is 1.05. The molecule has 0 atom stereocenters. The van der Waals surface area contributed by atoms with Crippen molar-refractivity contribution in [1.29, 1.82) is 0 Å². The number of rotatable bonds is 3. The average Bonchev–Trinajstić information content (AvgIpc) is 2.66. The van der Waals surface area contributed by atoms with Crippen LogP contribution in [0.1, 0.15) is 11.3 Å². The molecule has 0 unspecified atom stereocenters. The Morgan fingerprint density at radius 1 is 1.33 bits per heavy atom. The molecule has 1 heterocycles. The summed E-state index contributed by atoms with van der Waals surface area (Å²) < 4.78 is 0. The van der Waals surface area contributed by atoms with Crippen molar-refractivity contribution >= 4 is 11.4 Å². The second-order valence-corrected chi connectivity index (χ2v) is 3.43. The topological polar surface area (TPSA) is 66.7 Å². The Balaban J connectivity index is 2.14. The fourth-order valence-corrected chi connectivity index (χ4v) is 1.36. The van der Waals surface area contributed by atoms with E-state index in [-0.39, 0.29) is 0 Å². The first kappa shape index (κ1) is 9.73. The Kier molecular flexibility index (Phi) is 2.69. The number of hydrogen-bond acceptors (Lipinski definition) is 3. The lowest BCUT2D eigenvalue weighted by Gasteiger charge is -2.05. The molecule has 15 heavy (non-hydrogen) atoms. The number of H-pyrrole nitrogens is 1. The molecule has 1 aromatic carbocycles. The van der Waals surface area contributed by atoms with E-state index in [1.54, 1.807) is 6.20 Å². The van der Waals surface area contributed by atoms with Crippen molar-refractivity contribution < 1.29 is 0 Å². The van der Waals surface area contributed by atoms with E-state index in [1.807, 2.05) is 31.2 Å². The summed E-state index contributed by atoms with van der Waals surface area (Å²) in [6, 6.07) is 8.04. The lowest BCUT2D eigenvalue weighted by atomic mass is 10.2. The fraction of sp³-hybridized carbons (Fsp3) is 0.182. The van der Waals surface area contributed by atoms with Crippen LogP contribution < -0.4 is 11.1 Å². The molecule has 1 aromatic heterocycles. The molecule has 0 radical (unpaired) electrons. The third-order valence-electron chi connectivity index (χ3n) is 2.30. The van der Waals surface area contributed by atoms with Gasteiger partial charge in [-0.25, -0.2) is 0 Å². The molecule has 0 aliphatic rings. The van der Waals surface area contributed by atoms with Crippen LogP contribution in [-0.4, -0.2) is 10.2 Å². The van der Waals surface area contributed by atoms with Crippen molar-refractivity contribution in [1.82, 2.24) is 10.2 Å². The minimum Gasteiger partial charge on any atom is -0.353 e. The van der Waals surface area contributed by atoms with Crippen LogP contribution in [0.3, 0.4) is 0 Å². The Morgan fingerprint density at radius 2 is 2.07 bits per heavy atom. The highest BCUT2D eigenvalue weighted by Crippen LogP contribution is 2.18. The van der Waals surface area contributed by atoms with Crippen molar-refractivity contribution in [3.8, 4) is 0 Å². The number of aromatic amines is 1. The van der Waals surface area contributed by atoms with Gasteiger partial charge in [-0.05, 0) is 24.6 Å². The summed E-state index contributed by atoms with van der Waals surface area (Å²) >= 11 is 0. The Morgan fingerprint density at radius 3 is 2.60 bits per heavy atom. The number of nitrogens with zero attached hydrogens (tertiary/aromatic N) is 1. The first-order chi connectivity index (χ1) is 7.29. The van der Waals surface area contributed by atoms with Crippen LogP contribution in [0.2, 0.25) is 0 Å². The van der Waals surface area contributed by atoms with Gasteiger partial charge in [0.05, 0.1) is 17.6 Å². The van der Waals surface area contributed by atoms with Gasteiger partial charge in [-0.3, -0.25) is 5.10 Å².